The Labute approximate surface area is 59.7 Å². The van der Waals surface area contributed by atoms with E-state index in [0.717, 1.165) is 0 Å². The summed E-state index contributed by atoms with van der Waals surface area (Å²) < 4.78 is 0. The van der Waals surface area contributed by atoms with Crippen molar-refractivity contribution in [2.75, 3.05) is 0 Å². The molecule has 4 radical (unpaired) electrons. The molecular formula is C9H16. The molecule has 0 aromatic heterocycles. The highest BCUT2D eigenvalue weighted by atomic mass is 14.0. The van der Waals surface area contributed by atoms with Crippen LogP contribution in [-0.4, -0.2) is 0 Å². The summed E-state index contributed by atoms with van der Waals surface area (Å²) in [6.45, 7) is 0. The molecule has 0 aromatic rings. The Balaban J connectivity index is 0.000000640. The van der Waals surface area contributed by atoms with E-state index in [4.69, 9.17) is 0 Å². The van der Waals surface area contributed by atoms with E-state index in [1.54, 1.807) is 0 Å². The molecule has 1 rings (SSSR count). The second kappa shape index (κ2) is 6.12. The molecule has 1 saturated carbocycles. The Morgan fingerprint density at radius 2 is 0.444 bits per heavy atom. The fraction of sp³-hybridized carbons (Fsp3) is 0.889. The molecule has 0 heteroatoms. The van der Waals surface area contributed by atoms with E-state index in [0.29, 0.717) is 0 Å². The Kier molecular flexibility index (Phi) is 6.12. The predicted octanol–water partition coefficient (Wildman–Crippen LogP) is 3.20. The van der Waals surface area contributed by atoms with Gasteiger partial charge in [-0.15, -0.1) is 0 Å². The molecule has 0 aromatic carbocycles. The van der Waals surface area contributed by atoms with Gasteiger partial charge in [-0.25, -0.2) is 0 Å². The normalized spacial score (nSPS) is 21.3. The number of rotatable bonds is 0. The van der Waals surface area contributed by atoms with Gasteiger partial charge >= 0.3 is 0 Å². The van der Waals surface area contributed by atoms with E-state index >= 15 is 0 Å². The Morgan fingerprint density at radius 1 is 0.333 bits per heavy atom. The van der Waals surface area contributed by atoms with Crippen LogP contribution in [0.1, 0.15) is 51.4 Å². The van der Waals surface area contributed by atoms with Crippen LogP contribution in [0.3, 0.4) is 0 Å². The van der Waals surface area contributed by atoms with Crippen molar-refractivity contribution in [1.29, 1.82) is 0 Å². The third-order valence-electron chi connectivity index (χ3n) is 2.00. The maximum Gasteiger partial charge on any atom is 0 e. The molecule has 0 bridgehead atoms. The lowest BCUT2D eigenvalue weighted by atomic mass is 10.0. The second-order valence-corrected chi connectivity index (χ2v) is 2.83. The first-order valence-corrected chi connectivity index (χ1v) is 4.00. The summed E-state index contributed by atoms with van der Waals surface area (Å²) in [5, 5.41) is 0. The third kappa shape index (κ3) is 4.50. The van der Waals surface area contributed by atoms with E-state index in [1.165, 1.54) is 51.4 Å². The first kappa shape index (κ1) is 9.00. The van der Waals surface area contributed by atoms with Gasteiger partial charge in [0.05, 0.1) is 0 Å². The zero-order valence-electron chi connectivity index (χ0n) is 6.16. The van der Waals surface area contributed by atoms with E-state index < -0.39 is 0 Å². The average molecular weight is 124 g/mol. The molecule has 0 heterocycles. The molecule has 0 amide bonds. The molecule has 0 spiro atoms. The lowest BCUT2D eigenvalue weighted by Crippen LogP contribution is -1.85. The topological polar surface area (TPSA) is 0 Å². The molecule has 0 nitrogen and oxygen atoms in total. The van der Waals surface area contributed by atoms with E-state index in [9.17, 15) is 0 Å². The Hall–Kier alpha value is 0. The van der Waals surface area contributed by atoms with Gasteiger partial charge in [0.1, 0.15) is 0 Å². The third-order valence-corrected chi connectivity index (χ3v) is 2.00. The van der Waals surface area contributed by atoms with Crippen molar-refractivity contribution in [3.05, 3.63) is 7.43 Å². The molecule has 0 aliphatic heterocycles. The fourth-order valence-electron chi connectivity index (χ4n) is 1.41. The highest BCUT2D eigenvalue weighted by molar-refractivity contribution is 4.51. The predicted molar refractivity (Wildman–Crippen MR) is 40.2 cm³/mol. The van der Waals surface area contributed by atoms with Gasteiger partial charge in [-0.3, -0.25) is 0 Å². The van der Waals surface area contributed by atoms with Crippen LogP contribution in [0.4, 0.5) is 0 Å². The van der Waals surface area contributed by atoms with Gasteiger partial charge in [-0.05, 0) is 0 Å². The van der Waals surface area contributed by atoms with Crippen LogP contribution in [0.5, 0.6) is 0 Å². The number of hydrogen-bond acceptors (Lipinski definition) is 0. The molecule has 1 aliphatic carbocycles. The van der Waals surface area contributed by atoms with Crippen molar-refractivity contribution in [1.82, 2.24) is 0 Å². The molecule has 52 valence electrons. The summed E-state index contributed by atoms with van der Waals surface area (Å²) in [4.78, 5) is 0. The van der Waals surface area contributed by atoms with Crippen molar-refractivity contribution >= 4 is 0 Å². The molecular weight excluding hydrogens is 108 g/mol. The lowest BCUT2D eigenvalue weighted by molar-refractivity contribution is 0.504. The minimum atomic E-state index is 0. The maximum atomic E-state index is 1.50. The molecule has 1 fully saturated rings. The van der Waals surface area contributed by atoms with Gasteiger partial charge in [0.25, 0.3) is 0 Å². The minimum absolute atomic E-state index is 0. The largest absolute Gasteiger partial charge is 0.0533 e. The zero-order valence-corrected chi connectivity index (χ0v) is 6.16. The number of hydrogen-bond donors (Lipinski definition) is 0. The Morgan fingerprint density at radius 3 is 0.556 bits per heavy atom. The summed E-state index contributed by atoms with van der Waals surface area (Å²) in [6.07, 6.45) is 12.0. The molecule has 0 unspecified atom stereocenters. The molecule has 9 heavy (non-hydrogen) atoms. The van der Waals surface area contributed by atoms with Crippen LogP contribution in [0.15, 0.2) is 0 Å². The summed E-state index contributed by atoms with van der Waals surface area (Å²) in [5.41, 5.74) is 0. The lowest BCUT2D eigenvalue weighted by Gasteiger charge is -2.05. The average Bonchev–Trinajstić information content (AvgIpc) is 1.62. The standard InChI is InChI=1S/C8H16.C/c1-2-4-6-8-7-5-3-1;/h1-8H2;. The van der Waals surface area contributed by atoms with Gasteiger partial charge in [0, 0.05) is 7.43 Å². The first-order valence-electron chi connectivity index (χ1n) is 4.00. The fourth-order valence-corrected chi connectivity index (χ4v) is 1.41. The van der Waals surface area contributed by atoms with Crippen LogP contribution < -0.4 is 0 Å². The van der Waals surface area contributed by atoms with Crippen LogP contribution in [-0.2, 0) is 0 Å². The molecule has 0 atom stereocenters. The van der Waals surface area contributed by atoms with Crippen molar-refractivity contribution in [3.8, 4) is 0 Å². The van der Waals surface area contributed by atoms with E-state index in [1.807, 2.05) is 0 Å². The first-order chi connectivity index (χ1) is 4.00. The van der Waals surface area contributed by atoms with Gasteiger partial charge in [0.2, 0.25) is 0 Å². The monoisotopic (exact) mass is 124 g/mol. The molecule has 0 saturated heterocycles. The summed E-state index contributed by atoms with van der Waals surface area (Å²) in [6, 6.07) is 0. The second-order valence-electron chi connectivity index (χ2n) is 2.83. The van der Waals surface area contributed by atoms with Gasteiger partial charge < -0.3 is 0 Å². The van der Waals surface area contributed by atoms with Crippen molar-refractivity contribution in [2.24, 2.45) is 0 Å². The van der Waals surface area contributed by atoms with Gasteiger partial charge in [-0.2, -0.15) is 0 Å². The van der Waals surface area contributed by atoms with Crippen LogP contribution in [0.2, 0.25) is 0 Å². The van der Waals surface area contributed by atoms with Crippen LogP contribution in [0.25, 0.3) is 0 Å². The van der Waals surface area contributed by atoms with Crippen LogP contribution >= 0.6 is 0 Å². The minimum Gasteiger partial charge on any atom is -0.0533 e. The summed E-state index contributed by atoms with van der Waals surface area (Å²) >= 11 is 0. The molecule has 0 N–H and O–H groups in total. The zero-order chi connectivity index (χ0) is 5.66. The quantitative estimate of drug-likeness (QED) is 0.465. The summed E-state index contributed by atoms with van der Waals surface area (Å²) in [7, 11) is 0. The SMILES string of the molecule is C1CCCCCCC1.[C]. The highest BCUT2D eigenvalue weighted by Crippen LogP contribution is 2.15. The van der Waals surface area contributed by atoms with E-state index in [-0.39, 0.29) is 7.43 Å². The van der Waals surface area contributed by atoms with Crippen molar-refractivity contribution in [3.63, 3.8) is 0 Å². The van der Waals surface area contributed by atoms with E-state index in [2.05, 4.69) is 0 Å². The van der Waals surface area contributed by atoms with Gasteiger partial charge in [-0.1, -0.05) is 51.4 Å². The van der Waals surface area contributed by atoms with Crippen molar-refractivity contribution < 1.29 is 0 Å². The Bertz CT molecular complexity index is 24.0. The van der Waals surface area contributed by atoms with Crippen LogP contribution in [0, 0.1) is 7.43 Å². The van der Waals surface area contributed by atoms with Crippen molar-refractivity contribution in [2.45, 2.75) is 51.4 Å². The smallest absolute Gasteiger partial charge is 0 e. The van der Waals surface area contributed by atoms with Gasteiger partial charge in [0.15, 0.2) is 0 Å². The maximum absolute atomic E-state index is 1.50. The summed E-state index contributed by atoms with van der Waals surface area (Å²) in [5.74, 6) is 0. The molecule has 1 aliphatic rings. The highest BCUT2D eigenvalue weighted by Gasteiger charge is 1.95.